The SMILES string of the molecule is CNC1CCC(ONC(=O)C2CCCCC2)CC1. The number of hydroxylamine groups is 1. The van der Waals surface area contributed by atoms with Crippen molar-refractivity contribution in [1.29, 1.82) is 0 Å². The number of amides is 1. The highest BCUT2D eigenvalue weighted by atomic mass is 16.7. The van der Waals surface area contributed by atoms with Gasteiger partial charge in [-0.1, -0.05) is 19.3 Å². The summed E-state index contributed by atoms with van der Waals surface area (Å²) in [6.45, 7) is 0. The molecule has 0 heterocycles. The highest BCUT2D eigenvalue weighted by Crippen LogP contribution is 2.24. The summed E-state index contributed by atoms with van der Waals surface area (Å²) >= 11 is 0. The van der Waals surface area contributed by atoms with E-state index in [0.717, 1.165) is 38.5 Å². The Morgan fingerprint density at radius 1 is 1.00 bits per heavy atom. The largest absolute Gasteiger partial charge is 0.317 e. The fourth-order valence-corrected chi connectivity index (χ4v) is 3.06. The van der Waals surface area contributed by atoms with E-state index in [-0.39, 0.29) is 17.9 Å². The average molecular weight is 254 g/mol. The first-order chi connectivity index (χ1) is 8.79. The molecule has 2 aliphatic rings. The highest BCUT2D eigenvalue weighted by Gasteiger charge is 2.24. The van der Waals surface area contributed by atoms with E-state index in [1.165, 1.54) is 19.3 Å². The van der Waals surface area contributed by atoms with Crippen molar-refractivity contribution in [2.75, 3.05) is 7.05 Å². The van der Waals surface area contributed by atoms with Gasteiger partial charge in [0.05, 0.1) is 6.10 Å². The van der Waals surface area contributed by atoms with Crippen LogP contribution >= 0.6 is 0 Å². The van der Waals surface area contributed by atoms with Crippen molar-refractivity contribution in [2.24, 2.45) is 5.92 Å². The zero-order valence-corrected chi connectivity index (χ0v) is 11.4. The molecule has 2 fully saturated rings. The van der Waals surface area contributed by atoms with Gasteiger partial charge in [-0.2, -0.15) is 0 Å². The smallest absolute Gasteiger partial charge is 0.246 e. The summed E-state index contributed by atoms with van der Waals surface area (Å²) in [5.74, 6) is 0.290. The van der Waals surface area contributed by atoms with Gasteiger partial charge in [0, 0.05) is 12.0 Å². The van der Waals surface area contributed by atoms with Crippen molar-refractivity contribution in [2.45, 2.75) is 69.9 Å². The number of hydrogen-bond donors (Lipinski definition) is 2. The molecule has 0 atom stereocenters. The number of rotatable bonds is 4. The normalized spacial score (nSPS) is 30.1. The minimum absolute atomic E-state index is 0.102. The molecule has 2 aliphatic carbocycles. The van der Waals surface area contributed by atoms with Gasteiger partial charge >= 0.3 is 0 Å². The van der Waals surface area contributed by atoms with E-state index < -0.39 is 0 Å². The summed E-state index contributed by atoms with van der Waals surface area (Å²) in [6, 6.07) is 0.624. The molecular weight excluding hydrogens is 228 g/mol. The molecule has 0 aromatic heterocycles. The molecule has 0 spiro atoms. The first-order valence-electron chi connectivity index (χ1n) is 7.42. The maximum atomic E-state index is 11.9. The molecule has 2 saturated carbocycles. The second-order valence-electron chi connectivity index (χ2n) is 5.68. The lowest BCUT2D eigenvalue weighted by molar-refractivity contribution is -0.145. The molecule has 0 radical (unpaired) electrons. The van der Waals surface area contributed by atoms with E-state index in [1.54, 1.807) is 0 Å². The van der Waals surface area contributed by atoms with Crippen LogP contribution < -0.4 is 10.8 Å². The van der Waals surface area contributed by atoms with Gasteiger partial charge in [0.25, 0.3) is 0 Å². The standard InChI is InChI=1S/C14H26N2O2/c1-15-12-7-9-13(10-8-12)18-16-14(17)11-5-3-2-4-6-11/h11-13,15H,2-10H2,1H3,(H,16,17). The molecule has 18 heavy (non-hydrogen) atoms. The molecule has 1 amide bonds. The summed E-state index contributed by atoms with van der Waals surface area (Å²) in [5, 5.41) is 3.30. The Kier molecular flexibility index (Phi) is 5.45. The van der Waals surface area contributed by atoms with Crippen molar-refractivity contribution in [3.63, 3.8) is 0 Å². The van der Waals surface area contributed by atoms with Crippen molar-refractivity contribution < 1.29 is 9.63 Å². The summed E-state index contributed by atoms with van der Waals surface area (Å²) in [7, 11) is 2.01. The third kappa shape index (κ3) is 3.95. The first-order valence-corrected chi connectivity index (χ1v) is 7.42. The van der Waals surface area contributed by atoms with E-state index in [0.29, 0.717) is 6.04 Å². The van der Waals surface area contributed by atoms with Crippen molar-refractivity contribution >= 4 is 5.91 Å². The van der Waals surface area contributed by atoms with Gasteiger partial charge in [-0.25, -0.2) is 5.48 Å². The highest BCUT2D eigenvalue weighted by molar-refractivity contribution is 5.77. The zero-order chi connectivity index (χ0) is 12.8. The fraction of sp³-hybridized carbons (Fsp3) is 0.929. The van der Waals surface area contributed by atoms with E-state index in [1.807, 2.05) is 7.05 Å². The Balaban J connectivity index is 1.63. The average Bonchev–Trinajstić information content (AvgIpc) is 2.46. The molecule has 0 unspecified atom stereocenters. The molecule has 4 heteroatoms. The van der Waals surface area contributed by atoms with Crippen molar-refractivity contribution in [1.82, 2.24) is 10.8 Å². The predicted octanol–water partition coefficient (Wildman–Crippen LogP) is 2.15. The first kappa shape index (κ1) is 13.8. The number of nitrogens with one attached hydrogen (secondary N) is 2. The molecule has 4 nitrogen and oxygen atoms in total. The molecule has 0 aromatic carbocycles. The second kappa shape index (κ2) is 7.10. The van der Waals surface area contributed by atoms with Gasteiger partial charge < -0.3 is 5.32 Å². The van der Waals surface area contributed by atoms with Crippen LogP contribution in [0.5, 0.6) is 0 Å². The van der Waals surface area contributed by atoms with Gasteiger partial charge in [0.15, 0.2) is 0 Å². The number of carbonyl (C=O) groups excluding carboxylic acids is 1. The maximum Gasteiger partial charge on any atom is 0.246 e. The molecule has 2 rings (SSSR count). The van der Waals surface area contributed by atoms with Gasteiger partial charge in [-0.05, 0) is 45.6 Å². The lowest BCUT2D eigenvalue weighted by Gasteiger charge is -2.28. The molecule has 104 valence electrons. The summed E-state index contributed by atoms with van der Waals surface area (Å²) in [4.78, 5) is 17.5. The lowest BCUT2D eigenvalue weighted by Crippen LogP contribution is -2.39. The Morgan fingerprint density at radius 3 is 2.28 bits per heavy atom. The van der Waals surface area contributed by atoms with Gasteiger partial charge in [0.1, 0.15) is 0 Å². The van der Waals surface area contributed by atoms with E-state index in [9.17, 15) is 4.79 Å². The van der Waals surface area contributed by atoms with Crippen LogP contribution in [0.15, 0.2) is 0 Å². The third-order valence-electron chi connectivity index (χ3n) is 4.38. The zero-order valence-electron chi connectivity index (χ0n) is 11.4. The maximum absolute atomic E-state index is 11.9. The van der Waals surface area contributed by atoms with Crippen LogP contribution in [-0.4, -0.2) is 25.1 Å². The van der Waals surface area contributed by atoms with E-state index >= 15 is 0 Å². The van der Waals surface area contributed by atoms with Crippen molar-refractivity contribution in [3.05, 3.63) is 0 Å². The van der Waals surface area contributed by atoms with Crippen LogP contribution in [0.25, 0.3) is 0 Å². The van der Waals surface area contributed by atoms with E-state index in [4.69, 9.17) is 4.84 Å². The molecular formula is C14H26N2O2. The van der Waals surface area contributed by atoms with Crippen LogP contribution in [0.1, 0.15) is 57.8 Å². The van der Waals surface area contributed by atoms with Crippen LogP contribution in [0.3, 0.4) is 0 Å². The van der Waals surface area contributed by atoms with Crippen LogP contribution in [0.2, 0.25) is 0 Å². The van der Waals surface area contributed by atoms with Gasteiger partial charge in [0.2, 0.25) is 5.91 Å². The molecule has 2 N–H and O–H groups in total. The molecule has 0 bridgehead atoms. The second-order valence-corrected chi connectivity index (χ2v) is 5.68. The molecule has 0 aromatic rings. The van der Waals surface area contributed by atoms with Crippen LogP contribution in [0, 0.1) is 5.92 Å². The summed E-state index contributed by atoms with van der Waals surface area (Å²) in [5.41, 5.74) is 2.70. The van der Waals surface area contributed by atoms with E-state index in [2.05, 4.69) is 10.8 Å². The predicted molar refractivity (Wildman–Crippen MR) is 70.9 cm³/mol. The summed E-state index contributed by atoms with van der Waals surface area (Å²) < 4.78 is 0. The Morgan fingerprint density at radius 2 is 1.67 bits per heavy atom. The summed E-state index contributed by atoms with van der Waals surface area (Å²) in [6.07, 6.45) is 10.3. The third-order valence-corrected chi connectivity index (χ3v) is 4.38. The molecule has 0 saturated heterocycles. The Hall–Kier alpha value is -0.610. The van der Waals surface area contributed by atoms with Gasteiger partial charge in [-0.3, -0.25) is 9.63 Å². The topological polar surface area (TPSA) is 50.4 Å². The van der Waals surface area contributed by atoms with Crippen LogP contribution in [0.4, 0.5) is 0 Å². The quantitative estimate of drug-likeness (QED) is 0.756. The minimum atomic E-state index is 0.102. The van der Waals surface area contributed by atoms with Crippen LogP contribution in [-0.2, 0) is 9.63 Å². The Bertz CT molecular complexity index is 257. The Labute approximate surface area is 110 Å². The fourth-order valence-electron chi connectivity index (χ4n) is 3.06. The van der Waals surface area contributed by atoms with Gasteiger partial charge in [-0.15, -0.1) is 0 Å². The lowest BCUT2D eigenvalue weighted by atomic mass is 9.89. The monoisotopic (exact) mass is 254 g/mol. The molecule has 0 aliphatic heterocycles. The number of hydrogen-bond acceptors (Lipinski definition) is 3. The minimum Gasteiger partial charge on any atom is -0.317 e. The number of carbonyl (C=O) groups is 1. The van der Waals surface area contributed by atoms with Crippen molar-refractivity contribution in [3.8, 4) is 0 Å².